The number of para-hydroxylation sites is 1. The third-order valence-corrected chi connectivity index (χ3v) is 5.19. The van der Waals surface area contributed by atoms with Gasteiger partial charge in [-0.2, -0.15) is 0 Å². The number of nitrogens with one attached hydrogen (secondary N) is 1. The van der Waals surface area contributed by atoms with Crippen LogP contribution in [0.3, 0.4) is 0 Å². The van der Waals surface area contributed by atoms with Crippen molar-refractivity contribution in [2.45, 2.75) is 25.7 Å². The average Bonchev–Trinajstić information content (AvgIpc) is 3.40. The summed E-state index contributed by atoms with van der Waals surface area (Å²) in [5.74, 6) is 0.935. The van der Waals surface area contributed by atoms with E-state index in [0.717, 1.165) is 24.6 Å². The Balaban J connectivity index is 1.37. The van der Waals surface area contributed by atoms with Crippen LogP contribution in [0.1, 0.15) is 34.3 Å². The lowest BCUT2D eigenvalue weighted by molar-refractivity contribution is 0.102. The van der Waals surface area contributed by atoms with Crippen LogP contribution >= 0.6 is 0 Å². The van der Waals surface area contributed by atoms with E-state index in [9.17, 15) is 4.79 Å². The van der Waals surface area contributed by atoms with Crippen molar-refractivity contribution in [3.63, 3.8) is 0 Å². The molecular weight excluding hydrogens is 370 g/mol. The fourth-order valence-electron chi connectivity index (χ4n) is 3.72. The van der Waals surface area contributed by atoms with E-state index >= 15 is 0 Å². The number of benzene rings is 2. The summed E-state index contributed by atoms with van der Waals surface area (Å²) in [7, 11) is 1.58. The predicted octanol–water partition coefficient (Wildman–Crippen LogP) is 4.62. The number of methoxy groups -OCH3 is 1. The van der Waals surface area contributed by atoms with Gasteiger partial charge in [-0.1, -0.05) is 23.3 Å². The Morgan fingerprint density at radius 3 is 2.76 bits per heavy atom. The molecule has 0 unspecified atom stereocenters. The van der Waals surface area contributed by atoms with Crippen molar-refractivity contribution in [3.8, 4) is 17.4 Å². The molecule has 146 valence electrons. The predicted molar refractivity (Wildman–Crippen MR) is 107 cm³/mol. The normalized spacial score (nSPS) is 13.3. The number of hydrogen-bond acceptors (Lipinski definition) is 6. The molecule has 5 rings (SSSR count). The number of ether oxygens (including phenoxy) is 1. The highest BCUT2D eigenvalue weighted by Gasteiger charge is 2.18. The summed E-state index contributed by atoms with van der Waals surface area (Å²) >= 11 is 0. The molecule has 29 heavy (non-hydrogen) atoms. The van der Waals surface area contributed by atoms with Gasteiger partial charge in [0, 0.05) is 10.9 Å². The Morgan fingerprint density at radius 2 is 1.90 bits per heavy atom. The van der Waals surface area contributed by atoms with E-state index in [0.29, 0.717) is 22.7 Å². The maximum atomic E-state index is 12.6. The number of nitrogens with zero attached hydrogens (tertiary/aromatic N) is 2. The number of anilines is 1. The lowest BCUT2D eigenvalue weighted by Crippen LogP contribution is -2.13. The second-order valence-corrected chi connectivity index (χ2v) is 7.05. The molecule has 2 heterocycles. The van der Waals surface area contributed by atoms with Gasteiger partial charge in [-0.15, -0.1) is 5.10 Å². The van der Waals surface area contributed by atoms with Crippen LogP contribution in [-0.4, -0.2) is 23.2 Å². The zero-order valence-electron chi connectivity index (χ0n) is 15.9. The average molecular weight is 389 g/mol. The lowest BCUT2D eigenvalue weighted by atomic mass is 9.90. The van der Waals surface area contributed by atoms with Gasteiger partial charge in [-0.25, -0.2) is 0 Å². The quantitative estimate of drug-likeness (QED) is 0.548. The highest BCUT2D eigenvalue weighted by molar-refractivity contribution is 6.03. The van der Waals surface area contributed by atoms with Crippen molar-refractivity contribution < 1.29 is 18.4 Å². The summed E-state index contributed by atoms with van der Waals surface area (Å²) in [5, 5.41) is 11.4. The fourth-order valence-corrected chi connectivity index (χ4v) is 3.72. The Kier molecular flexibility index (Phi) is 4.27. The number of hydrogen-bond donors (Lipinski definition) is 1. The van der Waals surface area contributed by atoms with Crippen LogP contribution in [0.4, 0.5) is 6.01 Å². The number of rotatable bonds is 4. The molecule has 1 amide bonds. The molecule has 7 nitrogen and oxygen atoms in total. The van der Waals surface area contributed by atoms with Gasteiger partial charge in [-0.05, 0) is 61.1 Å². The van der Waals surface area contributed by atoms with Gasteiger partial charge in [-0.3, -0.25) is 10.1 Å². The first-order valence-electron chi connectivity index (χ1n) is 9.55. The fraction of sp³-hybridized carbons (Fsp3) is 0.227. The summed E-state index contributed by atoms with van der Waals surface area (Å²) in [4.78, 5) is 12.6. The van der Waals surface area contributed by atoms with Crippen LogP contribution in [0.25, 0.3) is 22.6 Å². The molecule has 4 aromatic rings. The van der Waals surface area contributed by atoms with Crippen LogP contribution in [0.15, 0.2) is 51.3 Å². The van der Waals surface area contributed by atoms with E-state index in [2.05, 4.69) is 15.5 Å². The lowest BCUT2D eigenvalue weighted by Gasteiger charge is -2.16. The molecular formula is C22H19N3O4. The number of aromatic nitrogens is 2. The van der Waals surface area contributed by atoms with Gasteiger partial charge in [0.05, 0.1) is 7.11 Å². The first kappa shape index (κ1) is 17.5. The van der Waals surface area contributed by atoms with Gasteiger partial charge >= 0.3 is 6.01 Å². The summed E-state index contributed by atoms with van der Waals surface area (Å²) in [6.45, 7) is 0. The third kappa shape index (κ3) is 3.24. The van der Waals surface area contributed by atoms with Crippen molar-refractivity contribution in [1.29, 1.82) is 0 Å². The zero-order chi connectivity index (χ0) is 19.8. The smallest absolute Gasteiger partial charge is 0.322 e. The largest absolute Gasteiger partial charge is 0.493 e. The number of fused-ring (bicyclic) bond motifs is 2. The highest BCUT2D eigenvalue weighted by Crippen LogP contribution is 2.33. The third-order valence-electron chi connectivity index (χ3n) is 5.19. The molecule has 2 aromatic carbocycles. The minimum Gasteiger partial charge on any atom is -0.493 e. The molecule has 7 heteroatoms. The number of amides is 1. The first-order valence-corrected chi connectivity index (χ1v) is 9.55. The second-order valence-electron chi connectivity index (χ2n) is 7.05. The molecule has 1 aliphatic carbocycles. The molecule has 1 aliphatic rings. The molecule has 0 fully saturated rings. The summed E-state index contributed by atoms with van der Waals surface area (Å²) in [6, 6.07) is 13.2. The van der Waals surface area contributed by atoms with Crippen molar-refractivity contribution >= 4 is 22.9 Å². The van der Waals surface area contributed by atoms with Crippen molar-refractivity contribution in [2.24, 2.45) is 0 Å². The van der Waals surface area contributed by atoms with E-state index in [1.807, 2.05) is 36.4 Å². The van der Waals surface area contributed by atoms with Crippen LogP contribution in [-0.2, 0) is 12.8 Å². The van der Waals surface area contributed by atoms with Gasteiger partial charge < -0.3 is 13.6 Å². The summed E-state index contributed by atoms with van der Waals surface area (Å²) in [5.41, 5.74) is 3.75. The summed E-state index contributed by atoms with van der Waals surface area (Å²) < 4.78 is 16.7. The summed E-state index contributed by atoms with van der Waals surface area (Å²) in [6.07, 6.45) is 4.45. The maximum absolute atomic E-state index is 12.6. The molecule has 0 atom stereocenters. The minimum absolute atomic E-state index is 0.0233. The molecule has 0 aliphatic heterocycles. The molecule has 0 spiro atoms. The number of furan rings is 1. The van der Waals surface area contributed by atoms with Gasteiger partial charge in [0.25, 0.3) is 11.8 Å². The molecule has 0 saturated carbocycles. The molecule has 0 radical (unpaired) electrons. The molecule has 0 bridgehead atoms. The molecule has 1 N–H and O–H groups in total. The van der Waals surface area contributed by atoms with E-state index in [1.54, 1.807) is 13.2 Å². The molecule has 0 saturated heterocycles. The number of carbonyl (C=O) groups is 1. The van der Waals surface area contributed by atoms with Crippen LogP contribution in [0.2, 0.25) is 0 Å². The van der Waals surface area contributed by atoms with Gasteiger partial charge in [0.1, 0.15) is 0 Å². The van der Waals surface area contributed by atoms with E-state index in [4.69, 9.17) is 13.6 Å². The SMILES string of the molecule is COc1cccc2cc(-c3nnc(NC(=O)c4ccc5c(c4)CCCC5)o3)oc12. The van der Waals surface area contributed by atoms with E-state index < -0.39 is 0 Å². The molecule has 2 aromatic heterocycles. The number of carbonyl (C=O) groups excluding carboxylic acids is 1. The van der Waals surface area contributed by atoms with Crippen molar-refractivity contribution in [3.05, 3.63) is 59.2 Å². The standard InChI is InChI=1S/C22H19N3O4/c1-27-17-8-4-7-15-12-18(28-19(15)17)21-24-25-22(29-21)23-20(26)16-10-9-13-5-2-3-6-14(13)11-16/h4,7-12H,2-3,5-6H2,1H3,(H,23,25,26). The van der Waals surface area contributed by atoms with Crippen LogP contribution in [0, 0.1) is 0 Å². The van der Waals surface area contributed by atoms with Crippen LogP contribution in [0.5, 0.6) is 5.75 Å². The van der Waals surface area contributed by atoms with E-state index in [1.165, 1.54) is 17.5 Å². The van der Waals surface area contributed by atoms with Crippen molar-refractivity contribution in [1.82, 2.24) is 10.2 Å². The van der Waals surface area contributed by atoms with Crippen molar-refractivity contribution in [2.75, 3.05) is 12.4 Å². The topological polar surface area (TPSA) is 90.4 Å². The monoisotopic (exact) mass is 389 g/mol. The Labute approximate surface area is 166 Å². The Morgan fingerprint density at radius 1 is 1.03 bits per heavy atom. The second kappa shape index (κ2) is 7.09. The zero-order valence-corrected chi connectivity index (χ0v) is 15.9. The minimum atomic E-state index is -0.278. The number of aryl methyl sites for hydroxylation is 2. The Hall–Kier alpha value is -3.61. The Bertz CT molecular complexity index is 1210. The highest BCUT2D eigenvalue weighted by atomic mass is 16.5. The first-order chi connectivity index (χ1) is 14.2. The maximum Gasteiger partial charge on any atom is 0.322 e. The van der Waals surface area contributed by atoms with E-state index in [-0.39, 0.29) is 17.8 Å². The van der Waals surface area contributed by atoms with Crippen LogP contribution < -0.4 is 10.1 Å². The van der Waals surface area contributed by atoms with Gasteiger partial charge in [0.15, 0.2) is 17.1 Å². The van der Waals surface area contributed by atoms with Gasteiger partial charge in [0.2, 0.25) is 0 Å².